The highest BCUT2D eigenvalue weighted by Crippen LogP contribution is 1.93. The molecular weight excluding hydrogens is 111 g/mol. The molecule has 42 valence electrons. The molecule has 7 heavy (non-hydrogen) atoms. The molecule has 0 N–H and O–H groups in total. The lowest BCUT2D eigenvalue weighted by Crippen LogP contribution is -1.86. The summed E-state index contributed by atoms with van der Waals surface area (Å²) in [6.45, 7) is 0.718. The molecule has 0 aromatic carbocycles. The molecule has 0 unspecified atom stereocenters. The van der Waals surface area contributed by atoms with Crippen LogP contribution in [0.3, 0.4) is 0 Å². The van der Waals surface area contributed by atoms with Crippen LogP contribution in [0.1, 0.15) is 6.42 Å². The Morgan fingerprint density at radius 3 is 2.86 bits per heavy atom. The first-order valence-electron chi connectivity index (χ1n) is 2.20. The van der Waals surface area contributed by atoms with Gasteiger partial charge in [-0.3, -0.25) is 4.57 Å². The van der Waals surface area contributed by atoms with E-state index in [9.17, 15) is 4.57 Å². The van der Waals surface area contributed by atoms with E-state index in [-0.39, 0.29) is 8.46 Å². The fourth-order valence-electron chi connectivity index (χ4n) is 0.273. The molecule has 0 aromatic heterocycles. The van der Waals surface area contributed by atoms with Crippen molar-refractivity contribution < 1.29 is 9.30 Å². The van der Waals surface area contributed by atoms with Gasteiger partial charge in [0.25, 0.3) is 0 Å². The molecular formula is C4H9O2P. The lowest BCUT2D eigenvalue weighted by atomic mass is 10.5. The van der Waals surface area contributed by atoms with Gasteiger partial charge in [0, 0.05) is 19.9 Å². The van der Waals surface area contributed by atoms with Gasteiger partial charge in [-0.1, -0.05) is 0 Å². The van der Waals surface area contributed by atoms with E-state index in [0.29, 0.717) is 6.16 Å². The fraction of sp³-hybridized carbons (Fsp3) is 1.00. The van der Waals surface area contributed by atoms with E-state index in [1.165, 1.54) is 0 Å². The second-order valence-corrected chi connectivity index (χ2v) is 1.90. The molecule has 0 bridgehead atoms. The summed E-state index contributed by atoms with van der Waals surface area (Å²) >= 11 is 0. The van der Waals surface area contributed by atoms with Crippen molar-refractivity contribution in [3.63, 3.8) is 0 Å². The van der Waals surface area contributed by atoms with Gasteiger partial charge in [0.15, 0.2) is 8.46 Å². The van der Waals surface area contributed by atoms with E-state index < -0.39 is 0 Å². The molecule has 0 spiro atoms. The van der Waals surface area contributed by atoms with Crippen molar-refractivity contribution in [1.29, 1.82) is 0 Å². The van der Waals surface area contributed by atoms with Crippen LogP contribution in [0.15, 0.2) is 0 Å². The Balaban J connectivity index is 2.56. The third-order valence-electron chi connectivity index (χ3n) is 0.598. The van der Waals surface area contributed by atoms with Crippen molar-refractivity contribution in [3.8, 4) is 0 Å². The molecule has 0 saturated heterocycles. The molecule has 0 radical (unpaired) electrons. The fourth-order valence-corrected chi connectivity index (χ4v) is 0.532. The van der Waals surface area contributed by atoms with Gasteiger partial charge in [0.05, 0.1) is 0 Å². The Labute approximate surface area is 45.1 Å². The zero-order valence-corrected chi connectivity index (χ0v) is 5.28. The number of methoxy groups -OCH3 is 1. The Morgan fingerprint density at radius 1 is 1.71 bits per heavy atom. The maximum atomic E-state index is 9.72. The second-order valence-electron chi connectivity index (χ2n) is 1.20. The normalized spacial score (nSPS) is 9.86. The van der Waals surface area contributed by atoms with E-state index in [1.807, 2.05) is 0 Å². The Morgan fingerprint density at radius 2 is 2.43 bits per heavy atom. The highest BCUT2D eigenvalue weighted by atomic mass is 31.1. The summed E-state index contributed by atoms with van der Waals surface area (Å²) in [5, 5.41) is 0. The zero-order valence-electron chi connectivity index (χ0n) is 4.39. The van der Waals surface area contributed by atoms with Crippen molar-refractivity contribution >= 4 is 8.46 Å². The molecule has 2 nitrogen and oxygen atoms in total. The van der Waals surface area contributed by atoms with Crippen LogP contribution in [0.5, 0.6) is 0 Å². The van der Waals surface area contributed by atoms with Crippen molar-refractivity contribution in [3.05, 3.63) is 0 Å². The van der Waals surface area contributed by atoms with Crippen molar-refractivity contribution in [2.75, 3.05) is 19.9 Å². The summed E-state index contributed by atoms with van der Waals surface area (Å²) in [7, 11) is 1.87. The van der Waals surface area contributed by atoms with Crippen LogP contribution in [-0.4, -0.2) is 19.9 Å². The summed E-state index contributed by atoms with van der Waals surface area (Å²) in [5.74, 6) is 0. The Kier molecular flexibility index (Phi) is 6.11. The average Bonchev–Trinajstić information content (AvgIpc) is 1.69. The topological polar surface area (TPSA) is 26.3 Å². The molecule has 0 saturated carbocycles. The van der Waals surface area contributed by atoms with Gasteiger partial charge in [-0.15, -0.1) is 0 Å². The molecule has 0 aliphatic carbocycles. The first kappa shape index (κ1) is 7.06. The maximum Gasteiger partial charge on any atom is 0.155 e. The molecule has 0 aliphatic rings. The molecule has 3 heteroatoms. The summed E-state index contributed by atoms with van der Waals surface area (Å²) in [5.41, 5.74) is 0. The highest BCUT2D eigenvalue weighted by molar-refractivity contribution is 7.23. The van der Waals surface area contributed by atoms with E-state index in [4.69, 9.17) is 4.74 Å². The van der Waals surface area contributed by atoms with Crippen LogP contribution in [0.25, 0.3) is 0 Å². The molecule has 0 aliphatic heterocycles. The number of hydrogen-bond donors (Lipinski definition) is 0. The third-order valence-corrected chi connectivity index (χ3v) is 1.10. The monoisotopic (exact) mass is 120 g/mol. The van der Waals surface area contributed by atoms with E-state index >= 15 is 0 Å². The first-order chi connectivity index (χ1) is 3.41. The van der Waals surface area contributed by atoms with Crippen LogP contribution < -0.4 is 0 Å². The number of hydrogen-bond acceptors (Lipinski definition) is 2. The predicted molar refractivity (Wildman–Crippen MR) is 29.0 cm³/mol. The SMILES string of the molecule is COCCCP=O. The minimum Gasteiger partial charge on any atom is -0.385 e. The van der Waals surface area contributed by atoms with Crippen molar-refractivity contribution in [2.45, 2.75) is 6.42 Å². The van der Waals surface area contributed by atoms with Crippen LogP contribution in [0.2, 0.25) is 0 Å². The average molecular weight is 120 g/mol. The van der Waals surface area contributed by atoms with Crippen LogP contribution in [0, 0.1) is 0 Å². The highest BCUT2D eigenvalue weighted by Gasteiger charge is 1.81. The van der Waals surface area contributed by atoms with E-state index in [1.54, 1.807) is 7.11 Å². The lowest BCUT2D eigenvalue weighted by Gasteiger charge is -1.88. The zero-order chi connectivity index (χ0) is 5.54. The summed E-state index contributed by atoms with van der Waals surface area (Å²) in [6.07, 6.45) is 1.61. The molecule has 0 fully saturated rings. The molecule has 0 amide bonds. The molecule has 0 atom stereocenters. The first-order valence-corrected chi connectivity index (χ1v) is 3.19. The van der Waals surface area contributed by atoms with Crippen LogP contribution in [-0.2, 0) is 9.30 Å². The quantitative estimate of drug-likeness (QED) is 0.413. The third kappa shape index (κ3) is 6.06. The number of rotatable bonds is 4. The summed E-state index contributed by atoms with van der Waals surface area (Å²) in [6, 6.07) is 0. The molecule has 0 aromatic rings. The lowest BCUT2D eigenvalue weighted by molar-refractivity contribution is 0.200. The van der Waals surface area contributed by atoms with Crippen LogP contribution >= 0.6 is 8.46 Å². The van der Waals surface area contributed by atoms with Gasteiger partial charge in [0.2, 0.25) is 0 Å². The standard InChI is InChI=1S/C4H9O2P/c1-6-3-2-4-7-5/h2-4H2,1H3. The predicted octanol–water partition coefficient (Wildman–Crippen LogP) is 1.31. The summed E-state index contributed by atoms with van der Waals surface area (Å²) in [4.78, 5) is 0. The maximum absolute atomic E-state index is 9.72. The van der Waals surface area contributed by atoms with Gasteiger partial charge in [-0.25, -0.2) is 0 Å². The Hall–Kier alpha value is 0.0600. The number of ether oxygens (including phenoxy) is 1. The minimum absolute atomic E-state index is 0.225. The van der Waals surface area contributed by atoms with E-state index in [0.717, 1.165) is 13.0 Å². The summed E-state index contributed by atoms with van der Waals surface area (Å²) < 4.78 is 14.4. The van der Waals surface area contributed by atoms with Crippen molar-refractivity contribution in [2.24, 2.45) is 0 Å². The van der Waals surface area contributed by atoms with Gasteiger partial charge < -0.3 is 4.74 Å². The van der Waals surface area contributed by atoms with Gasteiger partial charge in [-0.05, 0) is 6.42 Å². The van der Waals surface area contributed by atoms with Gasteiger partial charge >= 0.3 is 0 Å². The van der Waals surface area contributed by atoms with Gasteiger partial charge in [0.1, 0.15) is 0 Å². The van der Waals surface area contributed by atoms with Crippen molar-refractivity contribution in [1.82, 2.24) is 0 Å². The molecule has 0 heterocycles. The smallest absolute Gasteiger partial charge is 0.155 e. The largest absolute Gasteiger partial charge is 0.385 e. The second kappa shape index (κ2) is 6.06. The molecule has 0 rings (SSSR count). The van der Waals surface area contributed by atoms with Gasteiger partial charge in [-0.2, -0.15) is 0 Å². The van der Waals surface area contributed by atoms with Crippen LogP contribution in [0.4, 0.5) is 0 Å². The Bertz CT molecular complexity index is 47.0. The van der Waals surface area contributed by atoms with E-state index in [2.05, 4.69) is 0 Å². The minimum atomic E-state index is 0.225.